The van der Waals surface area contributed by atoms with E-state index >= 15 is 4.39 Å². The van der Waals surface area contributed by atoms with E-state index in [2.05, 4.69) is 10.3 Å². The fourth-order valence-electron chi connectivity index (χ4n) is 4.20. The van der Waals surface area contributed by atoms with Crippen molar-refractivity contribution in [3.8, 4) is 10.4 Å². The van der Waals surface area contributed by atoms with Gasteiger partial charge in [-0.2, -0.15) is 0 Å². The molecule has 8 heteroatoms. The molecule has 4 nitrogen and oxygen atoms in total. The van der Waals surface area contributed by atoms with Gasteiger partial charge in [-0.25, -0.2) is 22.9 Å². The van der Waals surface area contributed by atoms with Gasteiger partial charge in [0.25, 0.3) is 6.43 Å². The van der Waals surface area contributed by atoms with E-state index in [1.807, 2.05) is 20.8 Å². The number of rotatable bonds is 8. The van der Waals surface area contributed by atoms with Crippen LogP contribution in [0.3, 0.4) is 0 Å². The summed E-state index contributed by atoms with van der Waals surface area (Å²) in [5.74, 6) is -1.12. The van der Waals surface area contributed by atoms with Gasteiger partial charge in [-0.15, -0.1) is 11.3 Å². The summed E-state index contributed by atoms with van der Waals surface area (Å²) in [6.07, 6.45) is 3.21. The normalized spacial score (nSPS) is 15.3. The second-order valence-corrected chi connectivity index (χ2v) is 10.6. The zero-order chi connectivity index (χ0) is 24.2. The minimum Gasteiger partial charge on any atom is -0.461 e. The van der Waals surface area contributed by atoms with Crippen LogP contribution in [-0.2, 0) is 17.7 Å². The number of alkyl halides is 2. The van der Waals surface area contributed by atoms with E-state index in [9.17, 15) is 13.6 Å². The highest BCUT2D eigenvalue weighted by molar-refractivity contribution is 7.17. The molecule has 0 atom stereocenters. The number of carbonyl (C=O) groups excluding carboxylic acids is 1. The van der Waals surface area contributed by atoms with Gasteiger partial charge < -0.3 is 10.1 Å². The van der Waals surface area contributed by atoms with Crippen LogP contribution in [0.25, 0.3) is 10.4 Å². The second-order valence-electron chi connectivity index (χ2n) is 9.63. The maximum Gasteiger partial charge on any atom is 0.367 e. The van der Waals surface area contributed by atoms with Crippen molar-refractivity contribution < 1.29 is 22.7 Å². The number of aromatic nitrogens is 1. The third-order valence-electron chi connectivity index (χ3n) is 5.90. The van der Waals surface area contributed by atoms with Crippen molar-refractivity contribution >= 4 is 17.3 Å². The molecule has 0 aliphatic heterocycles. The summed E-state index contributed by atoms with van der Waals surface area (Å²) in [6, 6.07) is 3.08. The Morgan fingerprint density at radius 2 is 1.94 bits per heavy atom. The molecule has 1 saturated carbocycles. The molecule has 1 heterocycles. The van der Waals surface area contributed by atoms with Gasteiger partial charge in [-0.1, -0.05) is 44.2 Å². The summed E-state index contributed by atoms with van der Waals surface area (Å²) in [4.78, 5) is 17.3. The van der Waals surface area contributed by atoms with Crippen LogP contribution in [0.15, 0.2) is 12.1 Å². The Kier molecular flexibility index (Phi) is 8.56. The lowest BCUT2D eigenvalue weighted by molar-refractivity contribution is 0.0525. The van der Waals surface area contributed by atoms with Gasteiger partial charge in [0, 0.05) is 17.6 Å². The Hall–Kier alpha value is -1.93. The molecule has 1 N–H and O–H groups in total. The van der Waals surface area contributed by atoms with Gasteiger partial charge >= 0.3 is 5.97 Å². The molecular weight excluding hydrogens is 449 g/mol. The molecule has 0 unspecified atom stereocenters. The highest BCUT2D eigenvalue weighted by Gasteiger charge is 2.28. The van der Waals surface area contributed by atoms with Crippen molar-refractivity contribution in [1.29, 1.82) is 0 Å². The first-order chi connectivity index (χ1) is 15.6. The van der Waals surface area contributed by atoms with Gasteiger partial charge in [-0.05, 0) is 45.6 Å². The van der Waals surface area contributed by atoms with Crippen molar-refractivity contribution in [2.45, 2.75) is 84.7 Å². The van der Waals surface area contributed by atoms with Gasteiger partial charge in [-0.3, -0.25) is 0 Å². The smallest absolute Gasteiger partial charge is 0.367 e. The van der Waals surface area contributed by atoms with Crippen LogP contribution in [0.1, 0.15) is 92.8 Å². The predicted octanol–water partition coefficient (Wildman–Crippen LogP) is 7.07. The largest absolute Gasteiger partial charge is 0.461 e. The molecule has 0 spiro atoms. The summed E-state index contributed by atoms with van der Waals surface area (Å²) < 4.78 is 48.6. The van der Waals surface area contributed by atoms with E-state index in [4.69, 9.17) is 4.74 Å². The van der Waals surface area contributed by atoms with Crippen LogP contribution < -0.4 is 5.32 Å². The Morgan fingerprint density at radius 3 is 2.55 bits per heavy atom. The van der Waals surface area contributed by atoms with E-state index < -0.39 is 23.8 Å². The third kappa shape index (κ3) is 6.57. The Morgan fingerprint density at radius 1 is 1.24 bits per heavy atom. The molecule has 1 aliphatic carbocycles. The molecule has 182 valence electrons. The average molecular weight is 483 g/mol. The minimum absolute atomic E-state index is 0.0728. The van der Waals surface area contributed by atoms with Crippen LogP contribution in [0.4, 0.5) is 13.2 Å². The number of nitrogens with zero attached hydrogens (tertiary/aromatic N) is 1. The lowest BCUT2D eigenvalue weighted by atomic mass is 9.85. The van der Waals surface area contributed by atoms with Crippen LogP contribution >= 0.6 is 11.3 Å². The van der Waals surface area contributed by atoms with Crippen molar-refractivity contribution in [2.75, 3.05) is 6.61 Å². The molecule has 0 amide bonds. The van der Waals surface area contributed by atoms with Gasteiger partial charge in [0.15, 0.2) is 0 Å². The summed E-state index contributed by atoms with van der Waals surface area (Å²) in [7, 11) is 0. The highest BCUT2D eigenvalue weighted by atomic mass is 32.1. The number of halogens is 3. The van der Waals surface area contributed by atoms with E-state index in [0.29, 0.717) is 22.9 Å². The number of thiazole rings is 1. The van der Waals surface area contributed by atoms with Gasteiger partial charge in [0.05, 0.1) is 22.7 Å². The zero-order valence-corrected chi connectivity index (χ0v) is 20.6. The predicted molar refractivity (Wildman–Crippen MR) is 125 cm³/mol. The fraction of sp³-hybridized carbons (Fsp3) is 0.600. The molecule has 2 aromatic rings. The highest BCUT2D eigenvalue weighted by Crippen LogP contribution is 2.39. The molecule has 3 rings (SSSR count). The summed E-state index contributed by atoms with van der Waals surface area (Å²) in [6.45, 7) is 7.80. The molecule has 1 aromatic carbocycles. The van der Waals surface area contributed by atoms with E-state index in [-0.39, 0.29) is 34.8 Å². The molecule has 1 aromatic heterocycles. The van der Waals surface area contributed by atoms with Crippen molar-refractivity contribution in [3.63, 3.8) is 0 Å². The van der Waals surface area contributed by atoms with Crippen LogP contribution in [0.5, 0.6) is 0 Å². The molecular formula is C25H33F3N2O2S. The monoisotopic (exact) mass is 482 g/mol. The van der Waals surface area contributed by atoms with Crippen LogP contribution in [0, 0.1) is 11.7 Å². The zero-order valence-electron chi connectivity index (χ0n) is 19.8. The first kappa shape index (κ1) is 25.7. The Balaban J connectivity index is 2.03. The number of carbonyl (C=O) groups is 1. The number of esters is 1. The van der Waals surface area contributed by atoms with Crippen LogP contribution in [-0.4, -0.2) is 23.1 Å². The minimum atomic E-state index is -2.96. The van der Waals surface area contributed by atoms with Crippen molar-refractivity contribution in [3.05, 3.63) is 39.8 Å². The molecule has 0 saturated heterocycles. The number of hydrogen-bond acceptors (Lipinski definition) is 5. The number of nitrogens with one attached hydrogen (secondary N) is 1. The number of hydrogen-bond donors (Lipinski definition) is 1. The maximum absolute atomic E-state index is 15.6. The standard InChI is InChI=1S/C25H33F3N2O2S/c1-5-32-24(31)23-30-18(13-15-9-7-6-8-10-15)21(33-23)17-12-11-16(14-29-25(2,3)4)19(20(17)26)22(27)28/h11-12,15,22,29H,5-10,13-14H2,1-4H3. The lowest BCUT2D eigenvalue weighted by Crippen LogP contribution is -2.35. The second kappa shape index (κ2) is 11.0. The van der Waals surface area contributed by atoms with Crippen molar-refractivity contribution in [1.82, 2.24) is 10.3 Å². The van der Waals surface area contributed by atoms with Gasteiger partial charge in [0.1, 0.15) is 5.82 Å². The number of ether oxygens (including phenoxy) is 1. The Labute approximate surface area is 198 Å². The summed E-state index contributed by atoms with van der Waals surface area (Å²) >= 11 is 1.02. The third-order valence-corrected chi connectivity index (χ3v) is 7.01. The lowest BCUT2D eigenvalue weighted by Gasteiger charge is -2.22. The Bertz CT molecular complexity index is 963. The van der Waals surface area contributed by atoms with E-state index in [1.54, 1.807) is 13.0 Å². The van der Waals surface area contributed by atoms with E-state index in [1.165, 1.54) is 12.5 Å². The topological polar surface area (TPSA) is 51.2 Å². The maximum atomic E-state index is 15.6. The first-order valence-electron chi connectivity index (χ1n) is 11.6. The molecule has 0 radical (unpaired) electrons. The first-order valence-corrected chi connectivity index (χ1v) is 12.4. The summed E-state index contributed by atoms with van der Waals surface area (Å²) in [5, 5.41) is 3.28. The molecule has 1 aliphatic rings. The fourth-order valence-corrected chi connectivity index (χ4v) is 5.21. The van der Waals surface area contributed by atoms with Crippen molar-refractivity contribution in [2.24, 2.45) is 5.92 Å². The average Bonchev–Trinajstić information content (AvgIpc) is 3.16. The number of benzene rings is 1. The SMILES string of the molecule is CCOC(=O)c1nc(CC2CCCCC2)c(-c2ccc(CNC(C)(C)C)c(C(F)F)c2F)s1. The quantitative estimate of drug-likeness (QED) is 0.409. The molecule has 33 heavy (non-hydrogen) atoms. The molecule has 0 bridgehead atoms. The molecule has 1 fully saturated rings. The summed E-state index contributed by atoms with van der Waals surface area (Å²) in [5.41, 5.74) is -0.00382. The van der Waals surface area contributed by atoms with E-state index in [0.717, 1.165) is 37.0 Å². The van der Waals surface area contributed by atoms with Crippen LogP contribution in [0.2, 0.25) is 0 Å². The van der Waals surface area contributed by atoms with Gasteiger partial charge in [0.2, 0.25) is 5.01 Å².